The van der Waals surface area contributed by atoms with Gasteiger partial charge in [0.25, 0.3) is 5.91 Å². The van der Waals surface area contributed by atoms with E-state index in [-0.39, 0.29) is 12.5 Å². The molecule has 0 unspecified atom stereocenters. The molecule has 0 saturated carbocycles. The van der Waals surface area contributed by atoms with Gasteiger partial charge in [-0.3, -0.25) is 9.78 Å². The van der Waals surface area contributed by atoms with Gasteiger partial charge in [-0.1, -0.05) is 6.07 Å². The number of pyridine rings is 1. The number of esters is 1. The van der Waals surface area contributed by atoms with Crippen LogP contribution >= 0.6 is 0 Å². The predicted molar refractivity (Wildman–Crippen MR) is 86.3 cm³/mol. The van der Waals surface area contributed by atoms with Crippen molar-refractivity contribution in [3.8, 4) is 11.5 Å². The van der Waals surface area contributed by atoms with Crippen molar-refractivity contribution in [3.63, 3.8) is 0 Å². The quantitative estimate of drug-likeness (QED) is 0.813. The first-order valence-corrected chi connectivity index (χ1v) is 7.13. The third-order valence-corrected chi connectivity index (χ3v) is 3.32. The number of rotatable bonds is 6. The summed E-state index contributed by atoms with van der Waals surface area (Å²) in [5.74, 6) is -0.0165. The maximum absolute atomic E-state index is 12.5. The molecule has 0 atom stereocenters. The Hall–Kier alpha value is -3.09. The molecule has 0 saturated heterocycles. The monoisotopic (exact) mass is 330 g/mol. The standard InChI is InChI=1S/C17H18N2O5/c1-22-13-5-4-6-14(23-2)15(13)16(20)19-10-12-9-11(7-8-18-12)17(21)24-3/h4-9H,10H2,1-3H3,(H,19,20). The van der Waals surface area contributed by atoms with Crippen molar-refractivity contribution in [2.45, 2.75) is 6.54 Å². The summed E-state index contributed by atoms with van der Waals surface area (Å²) in [4.78, 5) is 28.1. The third-order valence-electron chi connectivity index (χ3n) is 3.32. The fourth-order valence-electron chi connectivity index (χ4n) is 2.15. The van der Waals surface area contributed by atoms with Crippen molar-refractivity contribution in [2.24, 2.45) is 0 Å². The summed E-state index contributed by atoms with van der Waals surface area (Å²) in [5.41, 5.74) is 1.19. The molecule has 0 fully saturated rings. The fourth-order valence-corrected chi connectivity index (χ4v) is 2.15. The van der Waals surface area contributed by atoms with Crippen LogP contribution in [-0.2, 0) is 11.3 Å². The maximum atomic E-state index is 12.5. The van der Waals surface area contributed by atoms with Crippen LogP contribution in [-0.4, -0.2) is 38.2 Å². The predicted octanol–water partition coefficient (Wildman–Crippen LogP) is 1.82. The van der Waals surface area contributed by atoms with Crippen LogP contribution in [0.25, 0.3) is 0 Å². The molecule has 24 heavy (non-hydrogen) atoms. The summed E-state index contributed by atoms with van der Waals surface area (Å²) in [5, 5.41) is 2.74. The van der Waals surface area contributed by atoms with E-state index in [1.54, 1.807) is 30.3 Å². The van der Waals surface area contributed by atoms with E-state index in [1.165, 1.54) is 27.5 Å². The lowest BCUT2D eigenvalue weighted by Gasteiger charge is -2.13. The van der Waals surface area contributed by atoms with Crippen LogP contribution in [0.5, 0.6) is 11.5 Å². The Morgan fingerprint density at radius 3 is 2.33 bits per heavy atom. The molecule has 0 aliphatic carbocycles. The SMILES string of the molecule is COC(=O)c1ccnc(CNC(=O)c2c(OC)cccc2OC)c1. The van der Waals surface area contributed by atoms with Gasteiger partial charge in [-0.05, 0) is 24.3 Å². The number of carbonyl (C=O) groups is 2. The summed E-state index contributed by atoms with van der Waals surface area (Å²) >= 11 is 0. The number of hydrogen-bond acceptors (Lipinski definition) is 6. The van der Waals surface area contributed by atoms with E-state index in [0.717, 1.165) is 0 Å². The van der Waals surface area contributed by atoms with Crippen LogP contribution in [0.15, 0.2) is 36.5 Å². The van der Waals surface area contributed by atoms with Gasteiger partial charge in [0.1, 0.15) is 17.1 Å². The van der Waals surface area contributed by atoms with Gasteiger partial charge in [0.15, 0.2) is 0 Å². The van der Waals surface area contributed by atoms with Crippen molar-refractivity contribution >= 4 is 11.9 Å². The first-order valence-electron chi connectivity index (χ1n) is 7.13. The minimum atomic E-state index is -0.462. The molecule has 7 heteroatoms. The van der Waals surface area contributed by atoms with E-state index in [2.05, 4.69) is 15.0 Å². The zero-order valence-corrected chi connectivity index (χ0v) is 13.7. The van der Waals surface area contributed by atoms with Crippen LogP contribution in [0, 0.1) is 0 Å². The number of carbonyl (C=O) groups excluding carboxylic acids is 2. The van der Waals surface area contributed by atoms with Gasteiger partial charge in [-0.25, -0.2) is 4.79 Å². The molecule has 2 rings (SSSR count). The Kier molecular flexibility index (Phi) is 5.73. The van der Waals surface area contributed by atoms with Gasteiger partial charge >= 0.3 is 5.97 Å². The number of aromatic nitrogens is 1. The molecular formula is C17H18N2O5. The average Bonchev–Trinajstić information content (AvgIpc) is 2.64. The first kappa shape index (κ1) is 17.3. The number of ether oxygens (including phenoxy) is 3. The molecule has 0 aliphatic heterocycles. The topological polar surface area (TPSA) is 86.8 Å². The van der Waals surface area contributed by atoms with Gasteiger partial charge in [-0.2, -0.15) is 0 Å². The van der Waals surface area contributed by atoms with Crippen molar-refractivity contribution in [1.82, 2.24) is 10.3 Å². The van der Waals surface area contributed by atoms with Crippen molar-refractivity contribution in [2.75, 3.05) is 21.3 Å². The Morgan fingerprint density at radius 1 is 1.08 bits per heavy atom. The van der Waals surface area contributed by atoms with Crippen molar-refractivity contribution in [1.29, 1.82) is 0 Å². The zero-order valence-electron chi connectivity index (χ0n) is 13.7. The molecular weight excluding hydrogens is 312 g/mol. The van der Waals surface area contributed by atoms with Gasteiger partial charge < -0.3 is 19.5 Å². The number of hydrogen-bond donors (Lipinski definition) is 1. The average molecular weight is 330 g/mol. The fraction of sp³-hybridized carbons (Fsp3) is 0.235. The molecule has 1 amide bonds. The zero-order chi connectivity index (χ0) is 17.5. The van der Waals surface area contributed by atoms with E-state index in [9.17, 15) is 9.59 Å². The van der Waals surface area contributed by atoms with Gasteiger partial charge in [0.2, 0.25) is 0 Å². The lowest BCUT2D eigenvalue weighted by Crippen LogP contribution is -2.24. The minimum absolute atomic E-state index is 0.144. The molecule has 1 aromatic heterocycles. The maximum Gasteiger partial charge on any atom is 0.337 e. The molecule has 126 valence electrons. The molecule has 0 aliphatic rings. The van der Waals surface area contributed by atoms with Gasteiger partial charge in [-0.15, -0.1) is 0 Å². The number of benzene rings is 1. The number of amides is 1. The van der Waals surface area contributed by atoms with Crippen molar-refractivity contribution < 1.29 is 23.8 Å². The van der Waals surface area contributed by atoms with E-state index < -0.39 is 5.97 Å². The Balaban J connectivity index is 2.16. The third kappa shape index (κ3) is 3.81. The summed E-state index contributed by atoms with van der Waals surface area (Å²) in [6.07, 6.45) is 1.48. The van der Waals surface area contributed by atoms with E-state index in [0.29, 0.717) is 28.3 Å². The summed E-state index contributed by atoms with van der Waals surface area (Å²) < 4.78 is 15.1. The Labute approximate surface area is 139 Å². The van der Waals surface area contributed by atoms with Crippen LogP contribution in [0.1, 0.15) is 26.4 Å². The second-order valence-electron chi connectivity index (χ2n) is 4.75. The lowest BCUT2D eigenvalue weighted by molar-refractivity contribution is 0.0600. The molecule has 0 radical (unpaired) electrons. The normalized spacial score (nSPS) is 9.96. The van der Waals surface area contributed by atoms with Crippen LogP contribution in [0.4, 0.5) is 0 Å². The molecule has 1 heterocycles. The first-order chi connectivity index (χ1) is 11.6. The highest BCUT2D eigenvalue weighted by Gasteiger charge is 2.18. The molecule has 1 N–H and O–H groups in total. The number of nitrogens with one attached hydrogen (secondary N) is 1. The highest BCUT2D eigenvalue weighted by molar-refractivity contribution is 5.99. The summed E-state index contributed by atoms with van der Waals surface area (Å²) in [7, 11) is 4.26. The van der Waals surface area contributed by atoms with Crippen LogP contribution in [0.3, 0.4) is 0 Å². The second-order valence-corrected chi connectivity index (χ2v) is 4.75. The highest BCUT2D eigenvalue weighted by Crippen LogP contribution is 2.27. The largest absolute Gasteiger partial charge is 0.496 e. The smallest absolute Gasteiger partial charge is 0.337 e. The van der Waals surface area contributed by atoms with Gasteiger partial charge in [0.05, 0.1) is 39.1 Å². The number of methoxy groups -OCH3 is 3. The Bertz CT molecular complexity index is 723. The lowest BCUT2D eigenvalue weighted by atomic mass is 10.1. The highest BCUT2D eigenvalue weighted by atomic mass is 16.5. The van der Waals surface area contributed by atoms with Crippen molar-refractivity contribution in [3.05, 3.63) is 53.3 Å². The molecule has 7 nitrogen and oxygen atoms in total. The van der Waals surface area contributed by atoms with E-state index >= 15 is 0 Å². The summed E-state index contributed by atoms with van der Waals surface area (Å²) in [6, 6.07) is 8.18. The number of nitrogens with zero attached hydrogens (tertiary/aromatic N) is 1. The van der Waals surface area contributed by atoms with Crippen LogP contribution < -0.4 is 14.8 Å². The van der Waals surface area contributed by atoms with E-state index in [1.807, 2.05) is 0 Å². The van der Waals surface area contributed by atoms with Gasteiger partial charge in [0, 0.05) is 6.20 Å². The molecule has 2 aromatic rings. The second kappa shape index (κ2) is 7.96. The van der Waals surface area contributed by atoms with Crippen LogP contribution in [0.2, 0.25) is 0 Å². The Morgan fingerprint density at radius 2 is 1.75 bits per heavy atom. The van der Waals surface area contributed by atoms with E-state index in [4.69, 9.17) is 9.47 Å². The molecule has 1 aromatic carbocycles. The molecule has 0 bridgehead atoms. The summed E-state index contributed by atoms with van der Waals surface area (Å²) in [6.45, 7) is 0.144. The minimum Gasteiger partial charge on any atom is -0.496 e. The molecule has 0 spiro atoms.